The standard InChI is InChI=1S/C21H18N4O3/c22-25-20(14-5-2-8-17(27)11-14)23-19(13-4-1-7-16(26)10-13)24-21(25)15-6-3-9-18(28)12-15/h1-12,20,26-28H,22H2. The van der Waals surface area contributed by atoms with Gasteiger partial charge in [0, 0.05) is 16.7 Å². The molecule has 0 saturated carbocycles. The number of rotatable bonds is 3. The van der Waals surface area contributed by atoms with Crippen LogP contribution in [0.15, 0.2) is 82.8 Å². The van der Waals surface area contributed by atoms with Crippen LogP contribution in [0.5, 0.6) is 17.2 Å². The highest BCUT2D eigenvalue weighted by atomic mass is 16.3. The Balaban J connectivity index is 1.87. The SMILES string of the molecule is NN1C(c2cccc(O)c2)=NC(c2cccc(O)c2)=NC1c1cccc(O)c1. The predicted octanol–water partition coefficient (Wildman–Crippen LogP) is 2.88. The van der Waals surface area contributed by atoms with Crippen molar-refractivity contribution in [2.24, 2.45) is 15.8 Å². The van der Waals surface area contributed by atoms with Gasteiger partial charge in [-0.15, -0.1) is 0 Å². The molecule has 1 unspecified atom stereocenters. The number of phenolic OH excluding ortho intramolecular Hbond substituents is 3. The lowest BCUT2D eigenvalue weighted by Gasteiger charge is -2.31. The molecular weight excluding hydrogens is 356 g/mol. The smallest absolute Gasteiger partial charge is 0.164 e. The lowest BCUT2D eigenvalue weighted by atomic mass is 10.1. The van der Waals surface area contributed by atoms with Crippen LogP contribution in [-0.2, 0) is 0 Å². The molecule has 1 heterocycles. The first-order valence-electron chi connectivity index (χ1n) is 8.59. The van der Waals surface area contributed by atoms with E-state index in [9.17, 15) is 15.3 Å². The van der Waals surface area contributed by atoms with Crippen molar-refractivity contribution in [2.75, 3.05) is 0 Å². The minimum absolute atomic E-state index is 0.0870. The van der Waals surface area contributed by atoms with E-state index in [2.05, 4.69) is 9.98 Å². The van der Waals surface area contributed by atoms with Crippen molar-refractivity contribution in [3.05, 3.63) is 89.5 Å². The maximum absolute atomic E-state index is 9.86. The van der Waals surface area contributed by atoms with Crippen LogP contribution >= 0.6 is 0 Å². The number of hydrogen-bond acceptors (Lipinski definition) is 7. The molecule has 4 rings (SSSR count). The van der Waals surface area contributed by atoms with E-state index in [0.717, 1.165) is 0 Å². The minimum Gasteiger partial charge on any atom is -0.508 e. The van der Waals surface area contributed by atoms with Gasteiger partial charge < -0.3 is 15.3 Å². The molecule has 3 aromatic carbocycles. The third-order valence-corrected chi connectivity index (χ3v) is 4.34. The molecule has 0 bridgehead atoms. The number of aromatic hydroxyl groups is 3. The zero-order valence-corrected chi connectivity index (χ0v) is 14.8. The van der Waals surface area contributed by atoms with Crippen LogP contribution in [0.4, 0.5) is 0 Å². The van der Waals surface area contributed by atoms with Crippen molar-refractivity contribution in [1.82, 2.24) is 5.01 Å². The van der Waals surface area contributed by atoms with E-state index in [4.69, 9.17) is 5.84 Å². The van der Waals surface area contributed by atoms with Crippen LogP contribution in [0.1, 0.15) is 22.9 Å². The van der Waals surface area contributed by atoms with Crippen LogP contribution in [0.25, 0.3) is 0 Å². The van der Waals surface area contributed by atoms with Gasteiger partial charge in [0.2, 0.25) is 0 Å². The lowest BCUT2D eigenvalue weighted by molar-refractivity contribution is 0.331. The van der Waals surface area contributed by atoms with E-state index < -0.39 is 6.17 Å². The summed E-state index contributed by atoms with van der Waals surface area (Å²) in [6.07, 6.45) is -0.653. The molecule has 3 aromatic rings. The van der Waals surface area contributed by atoms with E-state index in [1.807, 2.05) is 0 Å². The second kappa shape index (κ2) is 7.05. The van der Waals surface area contributed by atoms with E-state index in [0.29, 0.717) is 28.4 Å². The van der Waals surface area contributed by atoms with Gasteiger partial charge in [-0.25, -0.2) is 15.8 Å². The van der Waals surface area contributed by atoms with Gasteiger partial charge in [-0.1, -0.05) is 36.4 Å². The minimum atomic E-state index is -0.653. The molecule has 5 N–H and O–H groups in total. The summed E-state index contributed by atoms with van der Waals surface area (Å²) in [5, 5.41) is 30.9. The van der Waals surface area contributed by atoms with Gasteiger partial charge in [-0.2, -0.15) is 0 Å². The summed E-state index contributed by atoms with van der Waals surface area (Å²) in [5.74, 6) is 7.40. The van der Waals surface area contributed by atoms with Crippen LogP contribution < -0.4 is 5.84 Å². The first-order valence-corrected chi connectivity index (χ1v) is 8.59. The Bertz CT molecular complexity index is 1090. The van der Waals surface area contributed by atoms with Gasteiger partial charge in [-0.05, 0) is 36.4 Å². The largest absolute Gasteiger partial charge is 0.508 e. The van der Waals surface area contributed by atoms with Gasteiger partial charge in [0.1, 0.15) is 17.2 Å². The number of hydrogen-bond donors (Lipinski definition) is 4. The Morgan fingerprint density at radius 1 is 0.750 bits per heavy atom. The maximum Gasteiger partial charge on any atom is 0.164 e. The van der Waals surface area contributed by atoms with Crippen molar-refractivity contribution >= 4 is 11.7 Å². The average Bonchev–Trinajstić information content (AvgIpc) is 2.68. The molecule has 0 aliphatic carbocycles. The number of nitrogens with zero attached hydrogens (tertiary/aromatic N) is 3. The number of benzene rings is 3. The number of aliphatic imine (C=N–C) groups is 2. The van der Waals surface area contributed by atoms with Gasteiger partial charge in [0.05, 0.1) is 0 Å². The fourth-order valence-electron chi connectivity index (χ4n) is 3.04. The Labute approximate surface area is 161 Å². The van der Waals surface area contributed by atoms with E-state index in [1.54, 1.807) is 72.8 Å². The van der Waals surface area contributed by atoms with Gasteiger partial charge in [0.25, 0.3) is 0 Å². The lowest BCUT2D eigenvalue weighted by Crippen LogP contribution is -2.43. The zero-order valence-electron chi connectivity index (χ0n) is 14.8. The predicted molar refractivity (Wildman–Crippen MR) is 106 cm³/mol. The van der Waals surface area contributed by atoms with E-state index in [-0.39, 0.29) is 17.2 Å². The second-order valence-corrected chi connectivity index (χ2v) is 6.36. The van der Waals surface area contributed by atoms with Crippen molar-refractivity contribution in [2.45, 2.75) is 6.17 Å². The van der Waals surface area contributed by atoms with Crippen LogP contribution in [0.2, 0.25) is 0 Å². The summed E-state index contributed by atoms with van der Waals surface area (Å²) >= 11 is 0. The second-order valence-electron chi connectivity index (χ2n) is 6.36. The Hall–Kier alpha value is -3.84. The average molecular weight is 374 g/mol. The Morgan fingerprint density at radius 3 is 1.96 bits per heavy atom. The molecule has 7 nitrogen and oxygen atoms in total. The summed E-state index contributed by atoms with van der Waals surface area (Å²) in [6.45, 7) is 0. The van der Waals surface area contributed by atoms with Gasteiger partial charge in [-0.3, -0.25) is 5.01 Å². The molecule has 0 amide bonds. The fraction of sp³-hybridized carbons (Fsp3) is 0.0476. The maximum atomic E-state index is 9.86. The molecule has 28 heavy (non-hydrogen) atoms. The molecule has 0 fully saturated rings. The van der Waals surface area contributed by atoms with Crippen LogP contribution in [0, 0.1) is 0 Å². The number of nitrogens with two attached hydrogens (primary N) is 1. The Kier molecular flexibility index (Phi) is 4.42. The molecule has 140 valence electrons. The van der Waals surface area contributed by atoms with E-state index >= 15 is 0 Å². The highest BCUT2D eigenvalue weighted by Crippen LogP contribution is 2.30. The molecule has 7 heteroatoms. The summed E-state index contributed by atoms with van der Waals surface area (Å²) in [4.78, 5) is 9.20. The molecule has 1 aliphatic heterocycles. The Morgan fingerprint density at radius 2 is 1.32 bits per heavy atom. The fourth-order valence-corrected chi connectivity index (χ4v) is 3.04. The summed E-state index contributed by atoms with van der Waals surface area (Å²) < 4.78 is 0. The van der Waals surface area contributed by atoms with Crippen molar-refractivity contribution in [3.63, 3.8) is 0 Å². The highest BCUT2D eigenvalue weighted by molar-refractivity contribution is 6.13. The summed E-state index contributed by atoms with van der Waals surface area (Å²) in [5.41, 5.74) is 1.91. The number of amidine groups is 2. The van der Waals surface area contributed by atoms with Crippen LogP contribution in [0.3, 0.4) is 0 Å². The number of phenols is 3. The highest BCUT2D eigenvalue weighted by Gasteiger charge is 2.28. The molecule has 1 aliphatic rings. The molecule has 0 aromatic heterocycles. The molecule has 0 saturated heterocycles. The summed E-state index contributed by atoms with van der Waals surface area (Å²) in [7, 11) is 0. The van der Waals surface area contributed by atoms with Crippen molar-refractivity contribution in [1.29, 1.82) is 0 Å². The third-order valence-electron chi connectivity index (χ3n) is 4.34. The van der Waals surface area contributed by atoms with Gasteiger partial charge in [0.15, 0.2) is 17.8 Å². The third kappa shape index (κ3) is 3.38. The van der Waals surface area contributed by atoms with Crippen molar-refractivity contribution < 1.29 is 15.3 Å². The van der Waals surface area contributed by atoms with Crippen molar-refractivity contribution in [3.8, 4) is 17.2 Å². The first kappa shape index (κ1) is 17.6. The topological polar surface area (TPSA) is 115 Å². The van der Waals surface area contributed by atoms with E-state index in [1.165, 1.54) is 5.01 Å². The van der Waals surface area contributed by atoms with Gasteiger partial charge >= 0.3 is 0 Å². The monoisotopic (exact) mass is 374 g/mol. The number of hydrazine groups is 1. The molecular formula is C21H18N4O3. The molecule has 0 radical (unpaired) electrons. The normalized spacial score (nSPS) is 16.5. The molecule has 1 atom stereocenters. The summed E-state index contributed by atoms with van der Waals surface area (Å²) in [6, 6.07) is 19.9. The van der Waals surface area contributed by atoms with Crippen LogP contribution in [-0.4, -0.2) is 32.0 Å². The quantitative estimate of drug-likeness (QED) is 0.526. The molecule has 0 spiro atoms. The first-order chi connectivity index (χ1) is 13.5. The zero-order chi connectivity index (χ0) is 19.7.